The number of benzene rings is 3. The lowest BCUT2D eigenvalue weighted by Gasteiger charge is -2.29. The van der Waals surface area contributed by atoms with Crippen LogP contribution in [0.5, 0.6) is 0 Å². The van der Waals surface area contributed by atoms with E-state index in [4.69, 9.17) is 21.9 Å². The Balaban J connectivity index is 1.42. The van der Waals surface area contributed by atoms with Crippen molar-refractivity contribution in [3.05, 3.63) is 100 Å². The molecule has 1 fully saturated rings. The second-order valence-electron chi connectivity index (χ2n) is 11.5. The van der Waals surface area contributed by atoms with E-state index in [2.05, 4.69) is 41.8 Å². The molecule has 1 amide bonds. The van der Waals surface area contributed by atoms with Gasteiger partial charge >= 0.3 is 0 Å². The number of hydrogen-bond acceptors (Lipinski definition) is 4. The molecule has 1 aliphatic rings. The third-order valence-corrected chi connectivity index (χ3v) is 8.33. The summed E-state index contributed by atoms with van der Waals surface area (Å²) in [6, 6.07) is 22.4. The first kappa shape index (κ1) is 28.6. The maximum Gasteiger partial charge on any atom is 0.253 e. The van der Waals surface area contributed by atoms with Crippen LogP contribution in [0, 0.1) is 18.3 Å². The summed E-state index contributed by atoms with van der Waals surface area (Å²) in [5.41, 5.74) is 18.4. The number of amides is 1. The van der Waals surface area contributed by atoms with Gasteiger partial charge in [0.05, 0.1) is 11.0 Å². The van der Waals surface area contributed by atoms with E-state index in [-0.39, 0.29) is 11.7 Å². The topological polar surface area (TPSA) is 114 Å². The minimum absolute atomic E-state index is 0.0446. The number of rotatable bonds is 11. The van der Waals surface area contributed by atoms with Crippen molar-refractivity contribution in [1.82, 2.24) is 14.5 Å². The second kappa shape index (κ2) is 13.1. The van der Waals surface area contributed by atoms with Gasteiger partial charge in [-0.05, 0) is 61.4 Å². The number of hydrogen-bond donors (Lipinski definition) is 3. The number of carbonyl (C=O) groups is 1. The van der Waals surface area contributed by atoms with Gasteiger partial charge in [0.1, 0.15) is 11.7 Å². The highest BCUT2D eigenvalue weighted by Crippen LogP contribution is 2.26. The Bertz CT molecular complexity index is 1480. The molecule has 3 aromatic carbocycles. The molecule has 4 aromatic rings. The SMILES string of the molecule is Cc1ccc(Cn2c(CCc3ccc(C(=N)N)cc3)nc3cc(C(=O)N(CCN)CC4CCCCC4)ccc32)cc1. The average molecular weight is 551 g/mol. The van der Waals surface area contributed by atoms with Crippen LogP contribution in [0.15, 0.2) is 66.7 Å². The normalized spacial score (nSPS) is 13.9. The van der Waals surface area contributed by atoms with Gasteiger partial charge in [0, 0.05) is 43.7 Å². The molecule has 41 heavy (non-hydrogen) atoms. The number of imidazole rings is 1. The van der Waals surface area contributed by atoms with Crippen LogP contribution in [0.2, 0.25) is 0 Å². The molecular weight excluding hydrogens is 508 g/mol. The first-order chi connectivity index (χ1) is 19.9. The van der Waals surface area contributed by atoms with E-state index in [1.165, 1.54) is 48.8 Å². The number of nitrogens with two attached hydrogens (primary N) is 2. The van der Waals surface area contributed by atoms with Gasteiger partial charge in [-0.15, -0.1) is 0 Å². The van der Waals surface area contributed by atoms with Crippen LogP contribution in [0.25, 0.3) is 11.0 Å². The van der Waals surface area contributed by atoms with Crippen molar-refractivity contribution in [1.29, 1.82) is 5.41 Å². The number of aromatic nitrogens is 2. The van der Waals surface area contributed by atoms with Crippen molar-refractivity contribution in [2.24, 2.45) is 17.4 Å². The highest BCUT2D eigenvalue weighted by atomic mass is 16.2. The fourth-order valence-corrected chi connectivity index (χ4v) is 5.96. The zero-order valence-corrected chi connectivity index (χ0v) is 24.1. The van der Waals surface area contributed by atoms with E-state index in [9.17, 15) is 4.79 Å². The molecule has 7 nitrogen and oxygen atoms in total. The van der Waals surface area contributed by atoms with Crippen molar-refractivity contribution in [3.63, 3.8) is 0 Å². The number of aryl methyl sites for hydroxylation is 3. The minimum atomic E-state index is 0.0446. The molecule has 5 rings (SSSR count). The average Bonchev–Trinajstić information content (AvgIpc) is 3.33. The summed E-state index contributed by atoms with van der Waals surface area (Å²) in [4.78, 5) is 20.7. The van der Waals surface area contributed by atoms with E-state index >= 15 is 0 Å². The number of amidine groups is 1. The van der Waals surface area contributed by atoms with Crippen LogP contribution in [-0.2, 0) is 19.4 Å². The first-order valence-electron chi connectivity index (χ1n) is 14.9. The lowest BCUT2D eigenvalue weighted by Crippen LogP contribution is -2.39. The van der Waals surface area contributed by atoms with Crippen LogP contribution in [0.4, 0.5) is 0 Å². The first-order valence-corrected chi connectivity index (χ1v) is 14.9. The molecule has 0 radical (unpaired) electrons. The van der Waals surface area contributed by atoms with Crippen LogP contribution >= 0.6 is 0 Å². The van der Waals surface area contributed by atoms with Crippen molar-refractivity contribution in [2.45, 2.75) is 58.4 Å². The van der Waals surface area contributed by atoms with E-state index in [1.807, 2.05) is 41.3 Å². The van der Waals surface area contributed by atoms with Crippen molar-refractivity contribution >= 4 is 22.8 Å². The molecule has 0 aliphatic heterocycles. The summed E-state index contributed by atoms with van der Waals surface area (Å²) < 4.78 is 2.28. The molecule has 1 aromatic heterocycles. The van der Waals surface area contributed by atoms with Gasteiger partial charge in [0.15, 0.2) is 0 Å². The predicted molar refractivity (Wildman–Crippen MR) is 166 cm³/mol. The third-order valence-electron chi connectivity index (χ3n) is 8.33. The lowest BCUT2D eigenvalue weighted by molar-refractivity contribution is 0.0719. The Morgan fingerprint density at radius 3 is 2.32 bits per heavy atom. The minimum Gasteiger partial charge on any atom is -0.384 e. The quantitative estimate of drug-likeness (QED) is 0.170. The summed E-state index contributed by atoms with van der Waals surface area (Å²) in [7, 11) is 0. The molecule has 5 N–H and O–H groups in total. The maximum absolute atomic E-state index is 13.7. The van der Waals surface area contributed by atoms with Crippen molar-refractivity contribution < 1.29 is 4.79 Å². The monoisotopic (exact) mass is 550 g/mol. The number of nitrogens with zero attached hydrogens (tertiary/aromatic N) is 3. The summed E-state index contributed by atoms with van der Waals surface area (Å²) in [5.74, 6) is 1.67. The molecule has 0 saturated heterocycles. The molecule has 7 heteroatoms. The van der Waals surface area contributed by atoms with E-state index in [0.29, 0.717) is 31.1 Å². The van der Waals surface area contributed by atoms with Gasteiger partial charge in [-0.25, -0.2) is 4.98 Å². The van der Waals surface area contributed by atoms with Gasteiger partial charge in [-0.3, -0.25) is 10.2 Å². The fourth-order valence-electron chi connectivity index (χ4n) is 5.96. The van der Waals surface area contributed by atoms with Gasteiger partial charge < -0.3 is 20.9 Å². The van der Waals surface area contributed by atoms with Gasteiger partial charge in [-0.2, -0.15) is 0 Å². The Morgan fingerprint density at radius 1 is 0.951 bits per heavy atom. The molecule has 214 valence electrons. The van der Waals surface area contributed by atoms with Crippen LogP contribution in [0.3, 0.4) is 0 Å². The van der Waals surface area contributed by atoms with Crippen LogP contribution in [0.1, 0.15) is 70.5 Å². The molecule has 1 saturated carbocycles. The van der Waals surface area contributed by atoms with E-state index < -0.39 is 0 Å². The van der Waals surface area contributed by atoms with Crippen molar-refractivity contribution in [3.8, 4) is 0 Å². The number of carbonyl (C=O) groups excluding carboxylic acids is 1. The molecule has 0 spiro atoms. The van der Waals surface area contributed by atoms with Crippen molar-refractivity contribution in [2.75, 3.05) is 19.6 Å². The molecule has 0 atom stereocenters. The summed E-state index contributed by atoms with van der Waals surface area (Å²) in [6.45, 7) is 4.62. The number of nitrogen functional groups attached to an aromatic ring is 1. The summed E-state index contributed by atoms with van der Waals surface area (Å²) >= 11 is 0. The third kappa shape index (κ3) is 7.03. The highest BCUT2D eigenvalue weighted by molar-refractivity contribution is 5.97. The maximum atomic E-state index is 13.7. The molecule has 0 bridgehead atoms. The Labute approximate surface area is 243 Å². The van der Waals surface area contributed by atoms with Crippen LogP contribution in [-0.4, -0.2) is 45.8 Å². The van der Waals surface area contributed by atoms with Gasteiger partial charge in [-0.1, -0.05) is 73.4 Å². The Morgan fingerprint density at radius 2 is 1.63 bits per heavy atom. The standard InChI is InChI=1S/C34H42N6O/c1-24-7-9-27(10-8-24)23-40-31-17-16-29(34(41)39(20-19-35)22-26-5-3-2-4-6-26)21-30(31)38-32(40)18-13-25-11-14-28(15-12-25)33(36)37/h7-12,14-17,21,26H,2-6,13,18-20,22-23,35H2,1H3,(H3,36,37). The molecule has 0 unspecified atom stereocenters. The highest BCUT2D eigenvalue weighted by Gasteiger charge is 2.22. The molecule has 1 aliphatic carbocycles. The Kier molecular flexibility index (Phi) is 9.14. The zero-order valence-electron chi connectivity index (χ0n) is 24.1. The smallest absolute Gasteiger partial charge is 0.253 e. The molecular formula is C34H42N6O. The summed E-state index contributed by atoms with van der Waals surface area (Å²) in [5, 5.41) is 7.65. The zero-order chi connectivity index (χ0) is 28.8. The van der Waals surface area contributed by atoms with Gasteiger partial charge in [0.25, 0.3) is 5.91 Å². The lowest BCUT2D eigenvalue weighted by atomic mass is 9.89. The number of fused-ring (bicyclic) bond motifs is 1. The van der Waals surface area contributed by atoms with E-state index in [1.54, 1.807) is 0 Å². The Hall–Kier alpha value is -3.97. The largest absolute Gasteiger partial charge is 0.384 e. The predicted octanol–water partition coefficient (Wildman–Crippen LogP) is 5.44. The van der Waals surface area contributed by atoms with E-state index in [0.717, 1.165) is 41.8 Å². The fraction of sp³-hybridized carbons (Fsp3) is 0.382. The van der Waals surface area contributed by atoms with Crippen LogP contribution < -0.4 is 11.5 Å². The summed E-state index contributed by atoms with van der Waals surface area (Å²) in [6.07, 6.45) is 7.76. The van der Waals surface area contributed by atoms with Gasteiger partial charge in [0.2, 0.25) is 0 Å². The second-order valence-corrected chi connectivity index (χ2v) is 11.5. The molecule has 1 heterocycles. The number of nitrogens with one attached hydrogen (secondary N) is 1.